The van der Waals surface area contributed by atoms with Crippen LogP contribution in [0.1, 0.15) is 17.0 Å². The molecule has 0 spiro atoms. The van der Waals surface area contributed by atoms with Crippen molar-refractivity contribution in [3.8, 4) is 11.8 Å². The fourth-order valence-electron chi connectivity index (χ4n) is 2.96. The van der Waals surface area contributed by atoms with Crippen LogP contribution in [0.15, 0.2) is 60.2 Å². The molecule has 0 fully saturated rings. The first-order chi connectivity index (χ1) is 13.4. The third-order valence-corrected chi connectivity index (χ3v) is 4.57. The number of nitriles is 1. The molecule has 0 aliphatic carbocycles. The number of aryl methyl sites for hydroxylation is 1. The van der Waals surface area contributed by atoms with Crippen LogP contribution >= 0.6 is 11.6 Å². The van der Waals surface area contributed by atoms with Crippen LogP contribution in [-0.4, -0.2) is 10.5 Å². The summed E-state index contributed by atoms with van der Waals surface area (Å²) in [5.41, 5.74) is 3.83. The largest absolute Gasteiger partial charge is 0.321 e. The van der Waals surface area contributed by atoms with Crippen LogP contribution in [0.3, 0.4) is 0 Å². The molecule has 4 nitrogen and oxygen atoms in total. The van der Waals surface area contributed by atoms with Gasteiger partial charge in [0.2, 0.25) is 0 Å². The van der Waals surface area contributed by atoms with Crippen molar-refractivity contribution >= 4 is 29.3 Å². The van der Waals surface area contributed by atoms with Crippen molar-refractivity contribution in [3.05, 3.63) is 88.0 Å². The number of halogens is 2. The van der Waals surface area contributed by atoms with Crippen molar-refractivity contribution in [2.24, 2.45) is 0 Å². The molecule has 1 aromatic heterocycles. The highest BCUT2D eigenvalue weighted by molar-refractivity contribution is 6.30. The van der Waals surface area contributed by atoms with E-state index < -0.39 is 5.91 Å². The number of nitrogens with zero attached hydrogens (tertiary/aromatic N) is 2. The minimum atomic E-state index is -0.503. The number of aromatic nitrogens is 1. The van der Waals surface area contributed by atoms with Gasteiger partial charge in [0.25, 0.3) is 5.91 Å². The van der Waals surface area contributed by atoms with Gasteiger partial charge in [-0.05, 0) is 80.1 Å². The van der Waals surface area contributed by atoms with Gasteiger partial charge in [-0.25, -0.2) is 4.39 Å². The molecule has 6 heteroatoms. The highest BCUT2D eigenvalue weighted by Crippen LogP contribution is 2.23. The van der Waals surface area contributed by atoms with Gasteiger partial charge < -0.3 is 9.88 Å². The van der Waals surface area contributed by atoms with Crippen LogP contribution in [0.4, 0.5) is 10.1 Å². The predicted molar refractivity (Wildman–Crippen MR) is 109 cm³/mol. The lowest BCUT2D eigenvalue weighted by atomic mass is 10.1. The predicted octanol–water partition coefficient (Wildman–Crippen LogP) is 5.43. The number of amides is 1. The van der Waals surface area contributed by atoms with Crippen molar-refractivity contribution in [3.63, 3.8) is 0 Å². The van der Waals surface area contributed by atoms with Crippen molar-refractivity contribution < 1.29 is 9.18 Å². The summed E-state index contributed by atoms with van der Waals surface area (Å²) in [6, 6.07) is 16.6. The number of nitrogens with one attached hydrogen (secondary N) is 1. The summed E-state index contributed by atoms with van der Waals surface area (Å²) in [5.74, 6) is -0.812. The molecule has 1 heterocycles. The van der Waals surface area contributed by atoms with E-state index in [-0.39, 0.29) is 11.4 Å². The van der Waals surface area contributed by atoms with Gasteiger partial charge in [0.15, 0.2) is 0 Å². The number of rotatable bonds is 4. The SMILES string of the molecule is Cc1cc(/C=C(/C#N)C(=O)Nc2ccc(Cl)cc2)c(C)n1-c1ccc(F)cc1. The van der Waals surface area contributed by atoms with Crippen LogP contribution in [-0.2, 0) is 4.79 Å². The van der Waals surface area contributed by atoms with E-state index in [0.717, 1.165) is 22.6 Å². The van der Waals surface area contributed by atoms with Crippen LogP contribution in [0.25, 0.3) is 11.8 Å². The molecule has 3 aromatic rings. The number of carbonyl (C=O) groups excluding carboxylic acids is 1. The maximum Gasteiger partial charge on any atom is 0.266 e. The maximum absolute atomic E-state index is 13.2. The lowest BCUT2D eigenvalue weighted by Gasteiger charge is -2.09. The average molecular weight is 394 g/mol. The summed E-state index contributed by atoms with van der Waals surface area (Å²) in [4.78, 5) is 12.5. The first-order valence-corrected chi connectivity index (χ1v) is 8.90. The molecule has 0 saturated carbocycles. The van der Waals surface area contributed by atoms with Gasteiger partial charge in [-0.1, -0.05) is 11.6 Å². The average Bonchev–Trinajstić information content (AvgIpc) is 2.95. The molecular formula is C22H17ClFN3O. The van der Waals surface area contributed by atoms with E-state index in [0.29, 0.717) is 10.7 Å². The number of benzene rings is 2. The molecule has 0 aliphatic heterocycles. The first kappa shape index (κ1) is 19.4. The fraction of sp³-hybridized carbons (Fsp3) is 0.0909. The summed E-state index contributed by atoms with van der Waals surface area (Å²) in [6.07, 6.45) is 1.55. The Morgan fingerprint density at radius 2 is 1.79 bits per heavy atom. The molecule has 2 aromatic carbocycles. The lowest BCUT2D eigenvalue weighted by Crippen LogP contribution is -2.13. The summed E-state index contributed by atoms with van der Waals surface area (Å²) in [5, 5.41) is 12.7. The third kappa shape index (κ3) is 4.13. The van der Waals surface area contributed by atoms with Gasteiger partial charge >= 0.3 is 0 Å². The van der Waals surface area contributed by atoms with Crippen LogP contribution < -0.4 is 5.32 Å². The zero-order valence-electron chi connectivity index (χ0n) is 15.3. The number of hydrogen-bond donors (Lipinski definition) is 1. The molecule has 0 aliphatic rings. The quantitative estimate of drug-likeness (QED) is 0.474. The van der Waals surface area contributed by atoms with Gasteiger partial charge in [0.05, 0.1) is 0 Å². The highest BCUT2D eigenvalue weighted by Gasteiger charge is 2.14. The highest BCUT2D eigenvalue weighted by atomic mass is 35.5. The Balaban J connectivity index is 1.91. The zero-order valence-corrected chi connectivity index (χ0v) is 16.1. The maximum atomic E-state index is 13.2. The van der Waals surface area contributed by atoms with Crippen molar-refractivity contribution in [2.75, 3.05) is 5.32 Å². The zero-order chi connectivity index (χ0) is 20.3. The van der Waals surface area contributed by atoms with Crippen molar-refractivity contribution in [2.45, 2.75) is 13.8 Å². The van der Waals surface area contributed by atoms with E-state index in [1.54, 1.807) is 42.5 Å². The third-order valence-electron chi connectivity index (χ3n) is 4.32. The summed E-state index contributed by atoms with van der Waals surface area (Å²) < 4.78 is 15.2. The Bertz CT molecular complexity index is 1090. The number of anilines is 1. The van der Waals surface area contributed by atoms with Crippen LogP contribution in [0.2, 0.25) is 5.02 Å². The molecule has 3 rings (SSSR count). The van der Waals surface area contributed by atoms with E-state index >= 15 is 0 Å². The Labute approximate surface area is 167 Å². The topological polar surface area (TPSA) is 57.8 Å². The van der Waals surface area contributed by atoms with Gasteiger partial charge in [0, 0.05) is 27.8 Å². The van der Waals surface area contributed by atoms with Gasteiger partial charge in [-0.15, -0.1) is 0 Å². The van der Waals surface area contributed by atoms with Crippen LogP contribution in [0, 0.1) is 31.0 Å². The molecule has 1 N–H and O–H groups in total. The minimum Gasteiger partial charge on any atom is -0.321 e. The number of hydrogen-bond acceptors (Lipinski definition) is 2. The monoisotopic (exact) mass is 393 g/mol. The van der Waals surface area contributed by atoms with E-state index in [1.807, 2.05) is 30.6 Å². The minimum absolute atomic E-state index is 0.0192. The fourth-order valence-corrected chi connectivity index (χ4v) is 3.08. The van der Waals surface area contributed by atoms with Crippen LogP contribution in [0.5, 0.6) is 0 Å². The van der Waals surface area contributed by atoms with E-state index in [9.17, 15) is 14.4 Å². The molecule has 140 valence electrons. The molecule has 1 amide bonds. The molecule has 28 heavy (non-hydrogen) atoms. The summed E-state index contributed by atoms with van der Waals surface area (Å²) >= 11 is 5.84. The Kier molecular flexibility index (Phi) is 5.62. The second kappa shape index (κ2) is 8.12. The van der Waals surface area contributed by atoms with Crippen molar-refractivity contribution in [1.29, 1.82) is 5.26 Å². The molecule has 0 saturated heterocycles. The van der Waals surface area contributed by atoms with Gasteiger partial charge in [-0.3, -0.25) is 4.79 Å². The lowest BCUT2D eigenvalue weighted by molar-refractivity contribution is -0.112. The van der Waals surface area contributed by atoms with E-state index in [1.165, 1.54) is 12.1 Å². The number of carbonyl (C=O) groups is 1. The molecule has 0 unspecified atom stereocenters. The van der Waals surface area contributed by atoms with Gasteiger partial charge in [-0.2, -0.15) is 5.26 Å². The smallest absolute Gasteiger partial charge is 0.266 e. The van der Waals surface area contributed by atoms with Crippen molar-refractivity contribution in [1.82, 2.24) is 4.57 Å². The normalized spacial score (nSPS) is 11.2. The molecular weight excluding hydrogens is 377 g/mol. The van der Waals surface area contributed by atoms with E-state index in [4.69, 9.17) is 11.6 Å². The Morgan fingerprint density at radius 1 is 1.14 bits per heavy atom. The summed E-state index contributed by atoms with van der Waals surface area (Å²) in [7, 11) is 0. The second-order valence-corrected chi connectivity index (χ2v) is 6.71. The Hall–Kier alpha value is -3.36. The van der Waals surface area contributed by atoms with Gasteiger partial charge in [0.1, 0.15) is 17.5 Å². The first-order valence-electron chi connectivity index (χ1n) is 8.52. The standard InChI is InChI=1S/C22H17ClFN3O/c1-14-11-16(15(2)27(14)21-9-5-19(24)6-10-21)12-17(13-25)22(28)26-20-7-3-18(23)4-8-20/h3-12H,1-2H3,(H,26,28)/b17-12-. The molecule has 0 atom stereocenters. The summed E-state index contributed by atoms with van der Waals surface area (Å²) in [6.45, 7) is 3.79. The molecule has 0 bridgehead atoms. The second-order valence-electron chi connectivity index (χ2n) is 6.27. The molecule has 0 radical (unpaired) electrons. The Morgan fingerprint density at radius 3 is 2.39 bits per heavy atom. The van der Waals surface area contributed by atoms with E-state index in [2.05, 4.69) is 5.32 Å².